The van der Waals surface area contributed by atoms with Crippen LogP contribution in [0.5, 0.6) is 0 Å². The van der Waals surface area contributed by atoms with Crippen molar-refractivity contribution in [2.45, 2.75) is 26.4 Å². The van der Waals surface area contributed by atoms with Crippen molar-refractivity contribution in [1.29, 1.82) is 0 Å². The standard InChI is InChI=1S/C24H22F4N4O4S/c1-14-15(2)21(33)32(36-23(35)24(26,27)28)29-20(14)12-16-3-4-19(25)18(11-16)22(34)31-8-6-30(7-9-31)17-5-10-37-13-17/h3-5,10-11,13H,6-9,12H2,1-2H3/p+1. The Morgan fingerprint density at radius 1 is 1.11 bits per heavy atom. The number of thiophene rings is 1. The maximum absolute atomic E-state index is 14.7. The molecule has 0 bridgehead atoms. The number of hydrogen-bond acceptors (Lipinski definition) is 7. The molecule has 2 amide bonds. The van der Waals surface area contributed by atoms with Crippen molar-refractivity contribution in [2.24, 2.45) is 5.10 Å². The molecule has 8 nitrogen and oxygen atoms in total. The molecule has 4 rings (SSSR count). The predicted molar refractivity (Wildman–Crippen MR) is 126 cm³/mol. The van der Waals surface area contributed by atoms with Crippen LogP contribution in [0.25, 0.3) is 0 Å². The number of amides is 2. The lowest BCUT2D eigenvalue weighted by Gasteiger charge is -2.35. The second-order valence-corrected chi connectivity index (χ2v) is 9.36. The van der Waals surface area contributed by atoms with Crippen LogP contribution in [0, 0.1) is 5.82 Å². The number of carbonyl (C=O) groups is 3. The number of nitrogens with zero attached hydrogens (tertiary/aromatic N) is 3. The molecule has 2 aliphatic rings. The number of hydrogen-bond donors (Lipinski definition) is 1. The van der Waals surface area contributed by atoms with Crippen LogP contribution in [0.3, 0.4) is 0 Å². The second kappa shape index (κ2) is 10.4. The molecule has 1 aromatic carbocycles. The summed E-state index contributed by atoms with van der Waals surface area (Å²) in [6.45, 7) is 4.97. The van der Waals surface area contributed by atoms with Gasteiger partial charge in [-0.25, -0.2) is 18.8 Å². The van der Waals surface area contributed by atoms with Gasteiger partial charge in [0, 0.05) is 48.8 Å². The van der Waals surface area contributed by atoms with E-state index in [1.165, 1.54) is 19.1 Å². The lowest BCUT2D eigenvalue weighted by atomic mass is 9.97. The average molecular weight is 540 g/mol. The maximum Gasteiger partial charge on any atom is 0.497 e. The highest BCUT2D eigenvalue weighted by Crippen LogP contribution is 2.22. The number of alkyl halides is 3. The fraction of sp³-hybridized carbons (Fsp3) is 0.333. The van der Waals surface area contributed by atoms with Gasteiger partial charge in [0.15, 0.2) is 0 Å². The molecule has 1 N–H and O–H groups in total. The first-order chi connectivity index (χ1) is 17.5. The number of benzene rings is 1. The number of piperazine rings is 1. The molecule has 2 aromatic rings. The zero-order chi connectivity index (χ0) is 26.9. The third kappa shape index (κ3) is 5.72. The summed E-state index contributed by atoms with van der Waals surface area (Å²) in [6.07, 6.45) is -5.33. The number of allylic oxidation sites excluding steroid dienone is 1. The van der Waals surface area contributed by atoms with Gasteiger partial charge >= 0.3 is 18.1 Å². The molecule has 0 radical (unpaired) electrons. The van der Waals surface area contributed by atoms with Crippen molar-refractivity contribution in [3.8, 4) is 0 Å². The summed E-state index contributed by atoms with van der Waals surface area (Å²) < 4.78 is 52.5. The molecular weight excluding hydrogens is 516 g/mol. The topological polar surface area (TPSA) is 83.7 Å². The minimum atomic E-state index is -5.30. The Kier molecular flexibility index (Phi) is 7.46. The van der Waals surface area contributed by atoms with Gasteiger partial charge in [0.25, 0.3) is 5.91 Å². The molecule has 1 fully saturated rings. The highest BCUT2D eigenvalue weighted by atomic mass is 32.1. The number of halogens is 4. The van der Waals surface area contributed by atoms with Crippen LogP contribution < -0.4 is 10.1 Å². The molecule has 1 unspecified atom stereocenters. The monoisotopic (exact) mass is 539 g/mol. The summed E-state index contributed by atoms with van der Waals surface area (Å²) >= 11 is 1.58. The van der Waals surface area contributed by atoms with E-state index in [1.54, 1.807) is 23.2 Å². The number of quaternary nitrogens is 1. The van der Waals surface area contributed by atoms with E-state index in [4.69, 9.17) is 0 Å². The number of carbonyl (C=O) groups excluding carboxylic acids is 3. The third-order valence-corrected chi connectivity index (χ3v) is 6.93. The largest absolute Gasteiger partial charge is 0.497 e. The fourth-order valence-electron chi connectivity index (χ4n) is 4.01. The van der Waals surface area contributed by atoms with Crippen molar-refractivity contribution in [2.75, 3.05) is 31.1 Å². The lowest BCUT2D eigenvalue weighted by molar-refractivity contribution is -1.01. The molecule has 2 aliphatic heterocycles. The van der Waals surface area contributed by atoms with Gasteiger partial charge in [0.05, 0.1) is 11.1 Å². The summed E-state index contributed by atoms with van der Waals surface area (Å²) in [5.41, 5.74) is 2.00. The molecule has 1 saturated heterocycles. The number of rotatable bonds is 5. The van der Waals surface area contributed by atoms with Crippen LogP contribution in [0.1, 0.15) is 29.8 Å². The molecule has 13 heteroatoms. The molecule has 196 valence electrons. The van der Waals surface area contributed by atoms with Gasteiger partial charge in [-0.2, -0.15) is 24.5 Å². The van der Waals surface area contributed by atoms with E-state index < -0.39 is 34.9 Å². The quantitative estimate of drug-likeness (QED) is 0.591. The Balaban J connectivity index is 1.50. The zero-order valence-corrected chi connectivity index (χ0v) is 20.7. The van der Waals surface area contributed by atoms with Crippen molar-refractivity contribution < 1.29 is 42.0 Å². The van der Waals surface area contributed by atoms with Crippen LogP contribution in [0.15, 0.2) is 51.3 Å². The van der Waals surface area contributed by atoms with Crippen LogP contribution >= 0.6 is 11.3 Å². The molecule has 1 aromatic heterocycles. The van der Waals surface area contributed by atoms with Gasteiger partial charge in [-0.05, 0) is 53.7 Å². The summed E-state index contributed by atoms with van der Waals surface area (Å²) in [5.74, 6) is -4.67. The molecule has 3 heterocycles. The Labute approximate surface area is 213 Å². The van der Waals surface area contributed by atoms with Gasteiger partial charge < -0.3 is 9.80 Å². The highest BCUT2D eigenvalue weighted by Gasteiger charge is 2.47. The third-order valence-electron chi connectivity index (χ3n) is 6.26. The van der Waals surface area contributed by atoms with Gasteiger partial charge in [0.2, 0.25) is 0 Å². The smallest absolute Gasteiger partial charge is 0.367 e. The first kappa shape index (κ1) is 26.5. The normalized spacial score (nSPS) is 18.7. The SMILES string of the molecule is CC1=C(C)C(Cc2ccc(F)c(C(=O)N3CCN(c4ccsc4)CC3)c2)=N[NH+](OC(=O)C(F)(F)F)C1=O. The van der Waals surface area contributed by atoms with Crippen molar-refractivity contribution >= 4 is 40.5 Å². The van der Waals surface area contributed by atoms with Gasteiger partial charge in [0.1, 0.15) is 11.5 Å². The fourth-order valence-corrected chi connectivity index (χ4v) is 4.67. The van der Waals surface area contributed by atoms with Gasteiger partial charge in [-0.15, -0.1) is 0 Å². The summed E-state index contributed by atoms with van der Waals surface area (Å²) in [7, 11) is 0. The van der Waals surface area contributed by atoms with E-state index in [9.17, 15) is 31.9 Å². The van der Waals surface area contributed by atoms with E-state index in [2.05, 4.69) is 14.8 Å². The van der Waals surface area contributed by atoms with Gasteiger partial charge in [-0.3, -0.25) is 4.79 Å². The predicted octanol–water partition coefficient (Wildman–Crippen LogP) is 2.53. The summed E-state index contributed by atoms with van der Waals surface area (Å²) in [6, 6.07) is 5.92. The molecule has 0 spiro atoms. The zero-order valence-electron chi connectivity index (χ0n) is 19.9. The molecule has 1 atom stereocenters. The Morgan fingerprint density at radius 2 is 1.81 bits per heavy atom. The molecular formula is C24H23F4N4O4S+. The second-order valence-electron chi connectivity index (χ2n) is 8.58. The van der Waals surface area contributed by atoms with Crippen LogP contribution in [-0.4, -0.2) is 60.8 Å². The molecule has 0 aliphatic carbocycles. The minimum absolute atomic E-state index is 0.0317. The summed E-state index contributed by atoms with van der Waals surface area (Å²) in [5, 5.41) is 6.86. The van der Waals surface area contributed by atoms with E-state index in [0.717, 1.165) is 11.8 Å². The van der Waals surface area contributed by atoms with E-state index >= 15 is 0 Å². The van der Waals surface area contributed by atoms with Crippen molar-refractivity contribution in [3.05, 3.63) is 63.1 Å². The number of anilines is 1. The minimum Gasteiger partial charge on any atom is -0.367 e. The lowest BCUT2D eigenvalue weighted by Crippen LogP contribution is -3.11. The first-order valence-corrected chi connectivity index (χ1v) is 12.2. The van der Waals surface area contributed by atoms with Crippen LogP contribution in [0.2, 0.25) is 0 Å². The molecule has 37 heavy (non-hydrogen) atoms. The first-order valence-electron chi connectivity index (χ1n) is 11.3. The van der Waals surface area contributed by atoms with Crippen molar-refractivity contribution in [3.63, 3.8) is 0 Å². The van der Waals surface area contributed by atoms with E-state index in [1.807, 2.05) is 16.8 Å². The van der Waals surface area contributed by atoms with E-state index in [-0.39, 0.29) is 23.3 Å². The molecule has 0 saturated carbocycles. The summed E-state index contributed by atoms with van der Waals surface area (Å²) in [4.78, 5) is 44.6. The van der Waals surface area contributed by atoms with Crippen molar-refractivity contribution in [1.82, 2.24) is 4.90 Å². The van der Waals surface area contributed by atoms with Crippen LogP contribution in [-0.2, 0) is 20.8 Å². The average Bonchev–Trinajstić information content (AvgIpc) is 3.41. The Morgan fingerprint density at radius 3 is 2.43 bits per heavy atom. The highest BCUT2D eigenvalue weighted by molar-refractivity contribution is 7.08. The maximum atomic E-state index is 14.7. The van der Waals surface area contributed by atoms with Crippen LogP contribution in [0.4, 0.5) is 23.2 Å². The Hall–Kier alpha value is -3.58. The Bertz CT molecular complexity index is 1280. The number of nitrogens with one attached hydrogen (secondary N) is 1. The van der Waals surface area contributed by atoms with E-state index in [0.29, 0.717) is 37.3 Å². The number of hydroxylamine groups is 1. The van der Waals surface area contributed by atoms with Gasteiger partial charge in [-0.1, -0.05) is 6.07 Å².